The summed E-state index contributed by atoms with van der Waals surface area (Å²) in [5, 5.41) is 15.7. The van der Waals surface area contributed by atoms with Gasteiger partial charge in [0.05, 0.1) is 35.7 Å². The first-order valence-corrected chi connectivity index (χ1v) is 15.9. The number of aliphatic hydroxyl groups is 1. The van der Waals surface area contributed by atoms with E-state index in [9.17, 15) is 31.5 Å². The monoisotopic (exact) mass is 619 g/mol. The minimum Gasteiger partial charge on any atom is -0.390 e. The summed E-state index contributed by atoms with van der Waals surface area (Å²) in [6, 6.07) is 8.23. The van der Waals surface area contributed by atoms with Crippen LogP contribution in [0.3, 0.4) is 0 Å². The largest absolute Gasteiger partial charge is 0.416 e. The Hall–Kier alpha value is -3.53. The lowest BCUT2D eigenvalue weighted by atomic mass is 10.0. The Morgan fingerprint density at radius 2 is 1.81 bits per heavy atom. The lowest BCUT2D eigenvalue weighted by Crippen LogP contribution is -2.42. The highest BCUT2D eigenvalue weighted by Gasteiger charge is 2.33. The zero-order valence-electron chi connectivity index (χ0n) is 23.5. The topological polar surface area (TPSA) is 129 Å². The molecule has 2 aliphatic rings. The number of piperidine rings is 1. The van der Waals surface area contributed by atoms with Gasteiger partial charge in [-0.3, -0.25) is 9.25 Å². The molecule has 15 heteroatoms. The number of hydrogen-bond donors (Lipinski definition) is 2. The van der Waals surface area contributed by atoms with E-state index in [0.717, 1.165) is 24.1 Å². The summed E-state index contributed by atoms with van der Waals surface area (Å²) >= 11 is 0. The molecular formula is C28H32F3N7O4S. The molecule has 0 saturated carbocycles. The third-order valence-corrected chi connectivity index (χ3v) is 9.55. The molecule has 0 aliphatic carbocycles. The Morgan fingerprint density at radius 1 is 1.09 bits per heavy atom. The summed E-state index contributed by atoms with van der Waals surface area (Å²) in [5.41, 5.74) is 2.60. The quantitative estimate of drug-likeness (QED) is 0.326. The van der Waals surface area contributed by atoms with Gasteiger partial charge in [-0.05, 0) is 37.1 Å². The zero-order valence-corrected chi connectivity index (χ0v) is 24.3. The summed E-state index contributed by atoms with van der Waals surface area (Å²) in [7, 11) is -3.50. The molecule has 1 unspecified atom stereocenters. The van der Waals surface area contributed by atoms with Crippen molar-refractivity contribution in [1.29, 1.82) is 0 Å². The highest BCUT2D eigenvalue weighted by Crippen LogP contribution is 2.34. The number of alkyl halides is 3. The van der Waals surface area contributed by atoms with E-state index in [4.69, 9.17) is 0 Å². The summed E-state index contributed by atoms with van der Waals surface area (Å²) < 4.78 is 68.7. The van der Waals surface area contributed by atoms with Crippen molar-refractivity contribution in [3.05, 3.63) is 69.9 Å². The van der Waals surface area contributed by atoms with Gasteiger partial charge < -0.3 is 15.0 Å². The molecule has 1 atom stereocenters. The van der Waals surface area contributed by atoms with Gasteiger partial charge in [-0.25, -0.2) is 18.2 Å². The van der Waals surface area contributed by atoms with Crippen molar-refractivity contribution in [2.45, 2.75) is 50.7 Å². The molecule has 43 heavy (non-hydrogen) atoms. The standard InChI is InChI=1S/C28H32F3N7O4S/c1-43(41,42)36-14-10-24-22(17-36)25(18-4-6-19(7-5-18)28(29,30)31)34-37(24)16-21(39)15-35-12-8-20(9-13-35)38-26-23(33-27(38)40)3-2-11-32-26/h2-7,11,20-21,39H,8-10,12-17H2,1H3,(H,33,40). The molecule has 5 heterocycles. The van der Waals surface area contributed by atoms with E-state index in [1.54, 1.807) is 21.5 Å². The number of nitrogens with zero attached hydrogens (tertiary/aromatic N) is 6. The second kappa shape index (κ2) is 11.2. The Balaban J connectivity index is 1.17. The second-order valence-electron chi connectivity index (χ2n) is 11.2. The van der Waals surface area contributed by atoms with Crippen molar-refractivity contribution >= 4 is 21.2 Å². The van der Waals surface area contributed by atoms with E-state index < -0.39 is 27.9 Å². The van der Waals surface area contributed by atoms with E-state index in [2.05, 4.69) is 20.0 Å². The number of fused-ring (bicyclic) bond motifs is 2. The molecule has 2 N–H and O–H groups in total. The number of pyridine rings is 1. The van der Waals surface area contributed by atoms with Crippen molar-refractivity contribution < 1.29 is 26.7 Å². The maximum atomic E-state index is 13.1. The van der Waals surface area contributed by atoms with Gasteiger partial charge in [-0.1, -0.05) is 12.1 Å². The molecule has 0 radical (unpaired) electrons. The number of imidazole rings is 1. The Kier molecular flexibility index (Phi) is 7.69. The molecule has 0 spiro atoms. The summed E-state index contributed by atoms with van der Waals surface area (Å²) in [5.74, 6) is 0. The molecule has 1 aromatic carbocycles. The first-order chi connectivity index (χ1) is 20.4. The molecule has 2 aliphatic heterocycles. The number of β-amino-alcohol motifs (C(OH)–C–C–N with tert-alkyl or cyclic N) is 1. The van der Waals surface area contributed by atoms with Gasteiger partial charge in [-0.15, -0.1) is 0 Å². The number of benzene rings is 1. The molecule has 4 aromatic rings. The Labute approximate surface area is 245 Å². The van der Waals surface area contributed by atoms with Crippen LogP contribution in [0.25, 0.3) is 22.4 Å². The van der Waals surface area contributed by atoms with Crippen LogP contribution >= 0.6 is 0 Å². The van der Waals surface area contributed by atoms with Crippen LogP contribution in [0, 0.1) is 0 Å². The fourth-order valence-electron chi connectivity index (χ4n) is 6.16. The Bertz CT molecular complexity index is 1790. The van der Waals surface area contributed by atoms with E-state index in [1.165, 1.54) is 16.4 Å². The van der Waals surface area contributed by atoms with Gasteiger partial charge in [0.1, 0.15) is 0 Å². The van der Waals surface area contributed by atoms with Gasteiger partial charge in [0, 0.05) is 68.2 Å². The number of sulfonamides is 1. The van der Waals surface area contributed by atoms with Crippen molar-refractivity contribution in [2.75, 3.05) is 32.4 Å². The number of H-pyrrole nitrogens is 1. The average Bonchev–Trinajstić information content (AvgIpc) is 3.49. The van der Waals surface area contributed by atoms with Crippen LogP contribution in [-0.4, -0.2) is 85.6 Å². The third kappa shape index (κ3) is 5.98. The van der Waals surface area contributed by atoms with Gasteiger partial charge in [0.15, 0.2) is 5.65 Å². The highest BCUT2D eigenvalue weighted by atomic mass is 32.2. The molecule has 230 valence electrons. The Morgan fingerprint density at radius 3 is 2.49 bits per heavy atom. The first kappa shape index (κ1) is 29.5. The van der Waals surface area contributed by atoms with Crippen LogP contribution in [0.5, 0.6) is 0 Å². The molecule has 1 saturated heterocycles. The van der Waals surface area contributed by atoms with Crippen LogP contribution < -0.4 is 5.69 Å². The highest BCUT2D eigenvalue weighted by molar-refractivity contribution is 7.88. The lowest BCUT2D eigenvalue weighted by molar-refractivity contribution is -0.137. The maximum Gasteiger partial charge on any atom is 0.416 e. The van der Waals surface area contributed by atoms with Gasteiger partial charge in [0.2, 0.25) is 10.0 Å². The summed E-state index contributed by atoms with van der Waals surface area (Å²) in [6.45, 7) is 2.16. The lowest BCUT2D eigenvalue weighted by Gasteiger charge is -2.33. The van der Waals surface area contributed by atoms with Crippen LogP contribution in [0.4, 0.5) is 13.2 Å². The number of aromatic amines is 1. The molecule has 11 nitrogen and oxygen atoms in total. The molecule has 0 bridgehead atoms. The predicted molar refractivity (Wildman–Crippen MR) is 153 cm³/mol. The van der Waals surface area contributed by atoms with Crippen LogP contribution in [-0.2, 0) is 35.7 Å². The first-order valence-electron chi connectivity index (χ1n) is 14.1. The SMILES string of the molecule is CS(=O)(=O)N1CCc2c(c(-c3ccc(C(F)(F)F)cc3)nn2CC(O)CN2CCC(n3c(=O)[nH]c4cccnc43)CC2)C1. The van der Waals surface area contributed by atoms with E-state index in [1.807, 2.05) is 6.07 Å². The number of nitrogens with one attached hydrogen (secondary N) is 1. The van der Waals surface area contributed by atoms with E-state index in [-0.39, 0.29) is 31.4 Å². The smallest absolute Gasteiger partial charge is 0.390 e. The number of aromatic nitrogens is 5. The normalized spacial score (nSPS) is 18.3. The summed E-state index contributed by atoms with van der Waals surface area (Å²) in [6.07, 6.45) is -0.704. The number of hydrogen-bond acceptors (Lipinski definition) is 7. The number of likely N-dealkylation sites (tertiary alicyclic amines) is 1. The fraction of sp³-hybridized carbons (Fsp3) is 0.464. The maximum absolute atomic E-state index is 13.1. The van der Waals surface area contributed by atoms with Crippen molar-refractivity contribution in [1.82, 2.24) is 33.5 Å². The number of aliphatic hydroxyl groups excluding tert-OH is 1. The third-order valence-electron chi connectivity index (χ3n) is 8.30. The van der Waals surface area contributed by atoms with E-state index in [0.29, 0.717) is 66.9 Å². The number of rotatable bonds is 7. The molecule has 1 fully saturated rings. The van der Waals surface area contributed by atoms with Crippen molar-refractivity contribution in [3.63, 3.8) is 0 Å². The molecule has 6 rings (SSSR count). The van der Waals surface area contributed by atoms with Gasteiger partial charge in [-0.2, -0.15) is 22.6 Å². The predicted octanol–water partition coefficient (Wildman–Crippen LogP) is 2.62. The molecule has 0 amide bonds. The van der Waals surface area contributed by atoms with Gasteiger partial charge in [0.25, 0.3) is 0 Å². The van der Waals surface area contributed by atoms with Crippen molar-refractivity contribution in [3.8, 4) is 11.3 Å². The molecular weight excluding hydrogens is 587 g/mol. The minimum absolute atomic E-state index is 0.00763. The minimum atomic E-state index is -4.48. The van der Waals surface area contributed by atoms with Crippen molar-refractivity contribution in [2.24, 2.45) is 0 Å². The zero-order chi connectivity index (χ0) is 30.5. The second-order valence-corrected chi connectivity index (χ2v) is 13.2. The van der Waals surface area contributed by atoms with E-state index >= 15 is 0 Å². The van der Waals surface area contributed by atoms with Gasteiger partial charge >= 0.3 is 11.9 Å². The summed E-state index contributed by atoms with van der Waals surface area (Å²) in [4.78, 5) is 21.9. The van der Waals surface area contributed by atoms with Crippen LogP contribution in [0.2, 0.25) is 0 Å². The average molecular weight is 620 g/mol. The van der Waals surface area contributed by atoms with Crippen LogP contribution in [0.15, 0.2) is 47.4 Å². The fourth-order valence-corrected chi connectivity index (χ4v) is 6.95. The van der Waals surface area contributed by atoms with Crippen LogP contribution in [0.1, 0.15) is 35.7 Å². The molecule has 3 aromatic heterocycles. The number of halogens is 3.